The summed E-state index contributed by atoms with van der Waals surface area (Å²) in [7, 11) is 1.67. The smallest absolute Gasteiger partial charge is 0.409 e. The van der Waals surface area contributed by atoms with Gasteiger partial charge in [-0.15, -0.1) is 0 Å². The number of carboxylic acid groups (broad SMARTS) is 1. The zero-order valence-electron chi connectivity index (χ0n) is 55.0. The first-order chi connectivity index (χ1) is 46.4. The highest BCUT2D eigenvalue weighted by molar-refractivity contribution is 7.22. The van der Waals surface area contributed by atoms with Crippen LogP contribution in [0.4, 0.5) is 20.4 Å². The quantitative estimate of drug-likeness (QED) is 0.0169. The topological polar surface area (TPSA) is 341 Å². The number of ether oxygens (including phenoxy) is 2. The molecule has 25 nitrogen and oxygen atoms in total. The number of aromatic carboxylic acids is 1. The number of nitrogens with one attached hydrogen (secondary N) is 5. The largest absolute Gasteiger partial charge is 0.476 e. The number of aromatic nitrogens is 5. The van der Waals surface area contributed by atoms with E-state index in [2.05, 4.69) is 50.4 Å². The van der Waals surface area contributed by atoms with Crippen LogP contribution in [-0.2, 0) is 46.6 Å². The Balaban J connectivity index is 0.670. The van der Waals surface area contributed by atoms with Gasteiger partial charge in [0.25, 0.3) is 17.7 Å². The minimum absolute atomic E-state index is 0.000640. The first-order valence-corrected chi connectivity index (χ1v) is 33.6. The van der Waals surface area contributed by atoms with Gasteiger partial charge in [0.1, 0.15) is 18.7 Å². The van der Waals surface area contributed by atoms with Crippen LogP contribution in [0.15, 0.2) is 110 Å². The van der Waals surface area contributed by atoms with E-state index in [1.54, 1.807) is 62.8 Å². The van der Waals surface area contributed by atoms with Gasteiger partial charge >= 0.3 is 18.1 Å². The Labute approximate surface area is 564 Å². The molecule has 26 heteroatoms. The number of likely N-dealkylation sites (N-methyl/N-ethyl adjacent to an activating group) is 1. The monoisotopic (exact) mass is 1340 g/mol. The summed E-state index contributed by atoms with van der Waals surface area (Å²) in [5, 5.41) is 31.2. The number of fused-ring (bicyclic) bond motifs is 2. The molecule has 4 atom stereocenters. The van der Waals surface area contributed by atoms with E-state index in [9.17, 15) is 48.3 Å². The normalized spacial score (nSPS) is 20.6. The van der Waals surface area contributed by atoms with Gasteiger partial charge in [-0.25, -0.2) is 24.4 Å². The lowest BCUT2D eigenvalue weighted by molar-refractivity contribution is -0.248. The van der Waals surface area contributed by atoms with Gasteiger partial charge in [0, 0.05) is 97.7 Å². The highest BCUT2D eigenvalue weighted by Crippen LogP contribution is 2.72. The molecule has 3 unspecified atom stereocenters. The van der Waals surface area contributed by atoms with E-state index in [0.717, 1.165) is 64.7 Å². The summed E-state index contributed by atoms with van der Waals surface area (Å²) >= 11 is 1.38. The van der Waals surface area contributed by atoms with Gasteiger partial charge < -0.3 is 46.5 Å². The van der Waals surface area contributed by atoms with Gasteiger partial charge in [-0.2, -0.15) is 5.10 Å². The number of pyridine rings is 2. The number of para-hydroxylation sites is 1. The predicted molar refractivity (Wildman–Crippen MR) is 364 cm³/mol. The molecule has 97 heavy (non-hydrogen) atoms. The fourth-order valence-electron chi connectivity index (χ4n) is 15.7. The number of amides is 9. The van der Waals surface area contributed by atoms with Gasteiger partial charge in [0.15, 0.2) is 10.8 Å². The number of carbonyl (C=O) groups excluding carboxylic acids is 8. The number of rotatable bonds is 29. The van der Waals surface area contributed by atoms with Gasteiger partial charge in [-0.05, 0) is 147 Å². The molecule has 7 aromatic rings. The standard InChI is InChI=1S/C71H81N13O12S/c1-6-52(77-57(85)16-8-7-11-28-83-58(86)25-26-59(83)87)62(89)79-55(14-12-27-74-65(72)93)63(90)76-47-21-17-44(18-22-47)35-95-67(94)82(5)29-30-96-71-39-68(3)36-69(4,40-71)38-70(37-68,41-71)42-84-43(2)50(34-75-84)48-23-24-53(78-60(48)64(91)92)45-19-20-46-32-73-33-51(49(46)31-45)61(88)81-66-80-54-13-9-10-15-56(54)97-66/h9-10,13,15,17-26,31-34,52,55H,6-8,11-12,14,16,27-30,35-42H2,1-5H3,(H,76,90)(H,77,85)(H,79,89)(H,91,92)(H3,72,74,93)(H,80,81,88)/t52?,55-,68?,69?,70?,71?/m0/s1. The first-order valence-electron chi connectivity index (χ1n) is 32.8. The molecular weight excluding hydrogens is 1260 g/mol. The highest BCUT2D eigenvalue weighted by atomic mass is 32.1. The predicted octanol–water partition coefficient (Wildman–Crippen LogP) is 9.69. The molecule has 5 aliphatic rings. The summed E-state index contributed by atoms with van der Waals surface area (Å²) in [4.78, 5) is 132. The molecule has 4 aliphatic carbocycles. The van der Waals surface area contributed by atoms with Crippen LogP contribution in [0.2, 0.25) is 0 Å². The lowest BCUT2D eigenvalue weighted by Gasteiger charge is -2.69. The molecule has 3 aromatic carbocycles. The molecule has 12 rings (SSSR count). The van der Waals surface area contributed by atoms with Crippen molar-refractivity contribution < 1.29 is 57.7 Å². The molecule has 0 saturated heterocycles. The Kier molecular flexibility index (Phi) is 20.3. The maximum absolute atomic E-state index is 13.7. The van der Waals surface area contributed by atoms with Crippen LogP contribution in [0.1, 0.15) is 136 Å². The lowest BCUT2D eigenvalue weighted by atomic mass is 9.39. The van der Waals surface area contributed by atoms with Crippen LogP contribution < -0.4 is 32.3 Å². The van der Waals surface area contributed by atoms with Gasteiger partial charge in [-0.3, -0.25) is 48.6 Å². The maximum Gasteiger partial charge on any atom is 0.409 e. The number of anilines is 2. The van der Waals surface area contributed by atoms with Gasteiger partial charge in [-0.1, -0.05) is 74.9 Å². The maximum atomic E-state index is 13.7. The van der Waals surface area contributed by atoms with E-state index < -0.39 is 47.6 Å². The third-order valence-electron chi connectivity index (χ3n) is 19.0. The molecule has 8 N–H and O–H groups in total. The number of urea groups is 1. The molecule has 4 saturated carbocycles. The number of thiazole rings is 1. The van der Waals surface area contributed by atoms with Crippen molar-refractivity contribution in [3.8, 4) is 22.4 Å². The molecule has 5 heterocycles. The number of carboxylic acids is 1. The Morgan fingerprint density at radius 1 is 0.794 bits per heavy atom. The van der Waals surface area contributed by atoms with Crippen molar-refractivity contribution in [2.75, 3.05) is 43.9 Å². The van der Waals surface area contributed by atoms with E-state index in [-0.39, 0.29) is 97.7 Å². The van der Waals surface area contributed by atoms with Gasteiger partial charge in [0.2, 0.25) is 17.7 Å². The van der Waals surface area contributed by atoms with E-state index >= 15 is 0 Å². The van der Waals surface area contributed by atoms with Gasteiger partial charge in [0.05, 0.1) is 39.9 Å². The van der Waals surface area contributed by atoms with Crippen molar-refractivity contribution in [1.82, 2.24) is 50.5 Å². The second-order valence-corrected chi connectivity index (χ2v) is 28.2. The van der Waals surface area contributed by atoms with Crippen LogP contribution in [0.3, 0.4) is 0 Å². The van der Waals surface area contributed by atoms with Crippen molar-refractivity contribution in [2.45, 2.75) is 142 Å². The molecule has 0 radical (unpaired) electrons. The number of nitrogens with zero attached hydrogens (tertiary/aromatic N) is 7. The Bertz CT molecular complexity index is 4170. The Morgan fingerprint density at radius 2 is 1.55 bits per heavy atom. The fraction of sp³-hybridized carbons (Fsp3) is 0.423. The molecule has 508 valence electrons. The molecule has 9 amide bonds. The van der Waals surface area contributed by atoms with Crippen molar-refractivity contribution in [3.05, 3.63) is 132 Å². The summed E-state index contributed by atoms with van der Waals surface area (Å²) < 4.78 is 15.7. The summed E-state index contributed by atoms with van der Waals surface area (Å²) in [6.45, 7) is 9.95. The van der Waals surface area contributed by atoms with E-state index in [4.69, 9.17) is 25.3 Å². The third kappa shape index (κ3) is 16.0. The van der Waals surface area contributed by atoms with Crippen molar-refractivity contribution in [3.63, 3.8) is 0 Å². The van der Waals surface area contributed by atoms with E-state index in [1.807, 2.05) is 54.1 Å². The average Bonchev–Trinajstić information content (AvgIpc) is 0.734. The number of hydrogen-bond donors (Lipinski definition) is 7. The number of carbonyl (C=O) groups is 9. The van der Waals surface area contributed by atoms with Crippen LogP contribution in [-0.4, -0.2) is 144 Å². The molecule has 1 aliphatic heterocycles. The minimum atomic E-state index is -1.19. The Morgan fingerprint density at radius 3 is 2.27 bits per heavy atom. The number of imide groups is 1. The van der Waals surface area contributed by atoms with E-state index in [0.29, 0.717) is 81.9 Å². The number of nitrogens with two attached hydrogens (primary N) is 1. The molecule has 0 spiro atoms. The molecule has 4 bridgehead atoms. The fourth-order valence-corrected chi connectivity index (χ4v) is 16.5. The zero-order chi connectivity index (χ0) is 68.8. The first kappa shape index (κ1) is 68.4. The summed E-state index contributed by atoms with van der Waals surface area (Å²) in [5.74, 6) is -3.75. The summed E-state index contributed by atoms with van der Waals surface area (Å²) in [5.41, 5.74) is 9.66. The zero-order valence-corrected chi connectivity index (χ0v) is 55.9. The Hall–Kier alpha value is -9.95. The van der Waals surface area contributed by atoms with Crippen molar-refractivity contribution in [1.29, 1.82) is 0 Å². The molecule has 4 fully saturated rings. The SMILES string of the molecule is CCC(NC(=O)CCCCCN1C(=O)C=CC1=O)C(=O)N[C@@H](CCCNC(N)=O)C(=O)Nc1ccc(COC(=O)N(C)CCOC23CC4(C)CC(C)(CC(Cn5ncc(-c6ccc(-c7ccc8cncc(C(=O)Nc9nc%10ccccc%10s9)c8c7)nc6C(=O)O)c5C)(C4)C2)C3)cc1. The average molecular weight is 1340 g/mol. The minimum Gasteiger partial charge on any atom is -0.476 e. The van der Waals surface area contributed by atoms with Crippen molar-refractivity contribution >= 4 is 96.7 Å². The second kappa shape index (κ2) is 28.8. The van der Waals surface area contributed by atoms with Crippen LogP contribution in [0.5, 0.6) is 0 Å². The van der Waals surface area contributed by atoms with Crippen molar-refractivity contribution in [2.24, 2.45) is 22.0 Å². The third-order valence-corrected chi connectivity index (χ3v) is 20.0. The highest BCUT2D eigenvalue weighted by Gasteiger charge is 2.66. The summed E-state index contributed by atoms with van der Waals surface area (Å²) in [6, 6.07) is 20.7. The second-order valence-electron chi connectivity index (χ2n) is 27.1. The number of primary amides is 1. The lowest BCUT2D eigenvalue weighted by Crippen LogP contribution is -2.64. The number of hydrogen-bond acceptors (Lipinski definition) is 16. The summed E-state index contributed by atoms with van der Waals surface area (Å²) in [6.07, 6.45) is 14.8. The van der Waals surface area contributed by atoms with Crippen LogP contribution in [0.25, 0.3) is 43.4 Å². The van der Waals surface area contributed by atoms with Crippen LogP contribution >= 0.6 is 11.3 Å². The molecular formula is C71H81N13O12S. The number of benzene rings is 3. The van der Waals surface area contributed by atoms with Crippen LogP contribution in [0, 0.1) is 23.2 Å². The number of unbranched alkanes of at least 4 members (excludes halogenated alkanes) is 2. The molecule has 4 aromatic heterocycles. The van der Waals surface area contributed by atoms with E-state index in [1.165, 1.54) is 34.6 Å².